The molecule has 18 heavy (non-hydrogen) atoms. The minimum absolute atomic E-state index is 0.154. The van der Waals surface area contributed by atoms with Crippen LogP contribution in [-0.2, 0) is 17.8 Å². The van der Waals surface area contributed by atoms with Crippen LogP contribution in [-0.4, -0.2) is 30.2 Å². The van der Waals surface area contributed by atoms with E-state index in [2.05, 4.69) is 18.7 Å². The van der Waals surface area contributed by atoms with Crippen LogP contribution < -0.4 is 5.73 Å². The zero-order valence-electron chi connectivity index (χ0n) is 11.0. The lowest BCUT2D eigenvalue weighted by molar-refractivity contribution is -0.0707. The number of benzene rings is 1. The Balaban J connectivity index is 2.08. The van der Waals surface area contributed by atoms with Crippen LogP contribution in [0.25, 0.3) is 0 Å². The summed E-state index contributed by atoms with van der Waals surface area (Å²) in [5.74, 6) is -0.154. The fourth-order valence-corrected chi connectivity index (χ4v) is 2.53. The van der Waals surface area contributed by atoms with Crippen molar-refractivity contribution in [2.75, 3.05) is 13.1 Å². The van der Waals surface area contributed by atoms with Gasteiger partial charge in [0, 0.05) is 31.7 Å². The molecule has 2 rings (SSSR count). The maximum atomic E-state index is 13.8. The van der Waals surface area contributed by atoms with Gasteiger partial charge in [-0.15, -0.1) is 0 Å². The molecule has 1 aliphatic heterocycles. The first-order valence-corrected chi connectivity index (χ1v) is 6.43. The molecule has 0 bridgehead atoms. The van der Waals surface area contributed by atoms with Crippen LogP contribution in [0.1, 0.15) is 25.0 Å². The molecule has 2 atom stereocenters. The number of nitrogens with two attached hydrogens (primary N) is 1. The summed E-state index contributed by atoms with van der Waals surface area (Å²) < 4.78 is 19.4. The fourth-order valence-electron chi connectivity index (χ4n) is 2.53. The number of nitrogens with zero attached hydrogens (tertiary/aromatic N) is 1. The van der Waals surface area contributed by atoms with Crippen LogP contribution in [0.2, 0.25) is 0 Å². The van der Waals surface area contributed by atoms with Gasteiger partial charge in [-0.1, -0.05) is 12.1 Å². The van der Waals surface area contributed by atoms with Crippen LogP contribution in [0.4, 0.5) is 4.39 Å². The fraction of sp³-hybridized carbons (Fsp3) is 0.571. The van der Waals surface area contributed by atoms with Gasteiger partial charge in [-0.2, -0.15) is 0 Å². The number of rotatable bonds is 3. The molecule has 1 aliphatic rings. The number of halogens is 1. The average molecular weight is 252 g/mol. The van der Waals surface area contributed by atoms with Crippen LogP contribution in [0.3, 0.4) is 0 Å². The monoisotopic (exact) mass is 252 g/mol. The van der Waals surface area contributed by atoms with Crippen molar-refractivity contribution in [3.63, 3.8) is 0 Å². The Labute approximate surface area is 108 Å². The molecule has 1 fully saturated rings. The molecule has 4 heteroatoms. The molecular weight excluding hydrogens is 231 g/mol. The Hall–Kier alpha value is -0.970. The number of hydrogen-bond acceptors (Lipinski definition) is 3. The van der Waals surface area contributed by atoms with E-state index in [4.69, 9.17) is 10.5 Å². The minimum Gasteiger partial charge on any atom is -0.373 e. The van der Waals surface area contributed by atoms with Gasteiger partial charge in [-0.3, -0.25) is 4.90 Å². The predicted molar refractivity (Wildman–Crippen MR) is 69.6 cm³/mol. The van der Waals surface area contributed by atoms with Gasteiger partial charge in [0.25, 0.3) is 0 Å². The lowest BCUT2D eigenvalue weighted by atomic mass is 10.1. The third-order valence-electron chi connectivity index (χ3n) is 3.24. The highest BCUT2D eigenvalue weighted by Crippen LogP contribution is 2.17. The maximum absolute atomic E-state index is 13.8. The third-order valence-corrected chi connectivity index (χ3v) is 3.24. The quantitative estimate of drug-likeness (QED) is 0.893. The van der Waals surface area contributed by atoms with Crippen molar-refractivity contribution in [3.8, 4) is 0 Å². The van der Waals surface area contributed by atoms with Gasteiger partial charge < -0.3 is 10.5 Å². The second-order valence-electron chi connectivity index (χ2n) is 5.08. The molecule has 3 nitrogen and oxygen atoms in total. The Kier molecular flexibility index (Phi) is 4.32. The molecule has 0 aliphatic carbocycles. The smallest absolute Gasteiger partial charge is 0.127 e. The predicted octanol–water partition coefficient (Wildman–Crippen LogP) is 1.89. The van der Waals surface area contributed by atoms with Crippen molar-refractivity contribution < 1.29 is 9.13 Å². The Bertz CT molecular complexity index is 401. The van der Waals surface area contributed by atoms with Gasteiger partial charge >= 0.3 is 0 Å². The SMILES string of the molecule is CC1CN(Cc2cc(CN)ccc2F)CC(C)O1. The lowest BCUT2D eigenvalue weighted by Gasteiger charge is -2.35. The van der Waals surface area contributed by atoms with Crippen molar-refractivity contribution in [1.29, 1.82) is 0 Å². The van der Waals surface area contributed by atoms with Crippen LogP contribution in [0, 0.1) is 5.82 Å². The van der Waals surface area contributed by atoms with E-state index in [0.717, 1.165) is 24.2 Å². The first-order chi connectivity index (χ1) is 8.58. The molecule has 2 unspecified atom stereocenters. The van der Waals surface area contributed by atoms with Gasteiger partial charge in [-0.25, -0.2) is 4.39 Å². The van der Waals surface area contributed by atoms with E-state index < -0.39 is 0 Å². The molecule has 1 aromatic carbocycles. The molecule has 0 amide bonds. The molecule has 0 saturated carbocycles. The van der Waals surface area contributed by atoms with Crippen molar-refractivity contribution >= 4 is 0 Å². The third kappa shape index (κ3) is 3.28. The Morgan fingerprint density at radius 3 is 2.61 bits per heavy atom. The van der Waals surface area contributed by atoms with Crippen molar-refractivity contribution in [2.24, 2.45) is 5.73 Å². The second kappa shape index (κ2) is 5.78. The van der Waals surface area contributed by atoms with Gasteiger partial charge in [-0.05, 0) is 25.5 Å². The zero-order chi connectivity index (χ0) is 13.1. The summed E-state index contributed by atoms with van der Waals surface area (Å²) in [6, 6.07) is 5.11. The van der Waals surface area contributed by atoms with Gasteiger partial charge in [0.15, 0.2) is 0 Å². The first-order valence-electron chi connectivity index (χ1n) is 6.43. The summed E-state index contributed by atoms with van der Waals surface area (Å²) in [5.41, 5.74) is 7.28. The highest BCUT2D eigenvalue weighted by Gasteiger charge is 2.22. The first kappa shape index (κ1) is 13.5. The summed E-state index contributed by atoms with van der Waals surface area (Å²) in [6.07, 6.45) is 0.406. The largest absolute Gasteiger partial charge is 0.373 e. The van der Waals surface area contributed by atoms with Crippen molar-refractivity contribution in [2.45, 2.75) is 39.1 Å². The van der Waals surface area contributed by atoms with E-state index in [1.54, 1.807) is 6.07 Å². The summed E-state index contributed by atoms with van der Waals surface area (Å²) in [6.45, 7) is 6.86. The number of morpholine rings is 1. The zero-order valence-corrected chi connectivity index (χ0v) is 11.0. The summed E-state index contributed by atoms with van der Waals surface area (Å²) in [4.78, 5) is 2.23. The van der Waals surface area contributed by atoms with Gasteiger partial charge in [0.05, 0.1) is 12.2 Å². The highest BCUT2D eigenvalue weighted by molar-refractivity contribution is 5.25. The van der Waals surface area contributed by atoms with E-state index in [0.29, 0.717) is 13.1 Å². The van der Waals surface area contributed by atoms with Crippen LogP contribution in [0.5, 0.6) is 0 Å². The normalized spacial score (nSPS) is 25.3. The minimum atomic E-state index is -0.154. The molecule has 2 N–H and O–H groups in total. The Morgan fingerprint density at radius 1 is 1.33 bits per heavy atom. The average Bonchev–Trinajstić information content (AvgIpc) is 2.30. The number of hydrogen-bond donors (Lipinski definition) is 1. The van der Waals surface area contributed by atoms with E-state index in [1.165, 1.54) is 6.07 Å². The maximum Gasteiger partial charge on any atom is 0.127 e. The van der Waals surface area contributed by atoms with E-state index in [1.807, 2.05) is 6.07 Å². The molecule has 0 radical (unpaired) electrons. The van der Waals surface area contributed by atoms with Gasteiger partial charge in [0.1, 0.15) is 5.82 Å². The summed E-state index contributed by atoms with van der Waals surface area (Å²) in [7, 11) is 0. The van der Waals surface area contributed by atoms with Crippen molar-refractivity contribution in [1.82, 2.24) is 4.90 Å². The highest BCUT2D eigenvalue weighted by atomic mass is 19.1. The molecule has 100 valence electrons. The lowest BCUT2D eigenvalue weighted by Crippen LogP contribution is -2.44. The van der Waals surface area contributed by atoms with E-state index in [-0.39, 0.29) is 18.0 Å². The second-order valence-corrected chi connectivity index (χ2v) is 5.08. The molecule has 1 aromatic rings. The summed E-state index contributed by atoms with van der Waals surface area (Å²) in [5, 5.41) is 0. The van der Waals surface area contributed by atoms with Crippen LogP contribution >= 0.6 is 0 Å². The van der Waals surface area contributed by atoms with Crippen molar-refractivity contribution in [3.05, 3.63) is 35.1 Å². The van der Waals surface area contributed by atoms with Gasteiger partial charge in [0.2, 0.25) is 0 Å². The standard InChI is InChI=1S/C14H21FN2O/c1-10-7-17(8-11(2)18-10)9-13-5-12(6-16)3-4-14(13)15/h3-5,10-11H,6-9,16H2,1-2H3. The Morgan fingerprint density at radius 2 is 2.00 bits per heavy atom. The topological polar surface area (TPSA) is 38.5 Å². The summed E-state index contributed by atoms with van der Waals surface area (Å²) >= 11 is 0. The van der Waals surface area contributed by atoms with E-state index >= 15 is 0 Å². The molecule has 1 heterocycles. The molecule has 1 saturated heterocycles. The molecule has 0 aromatic heterocycles. The molecule has 0 spiro atoms. The van der Waals surface area contributed by atoms with E-state index in [9.17, 15) is 4.39 Å². The number of ether oxygens (including phenoxy) is 1. The molecular formula is C14H21FN2O. The van der Waals surface area contributed by atoms with Crippen LogP contribution in [0.15, 0.2) is 18.2 Å².